The number of carbonyl (C=O) groups excluding carboxylic acids is 1. The maximum atomic E-state index is 12.0. The van der Waals surface area contributed by atoms with Crippen LogP contribution in [0.15, 0.2) is 29.1 Å². The molecule has 0 N–H and O–H groups in total. The molecule has 0 atom stereocenters. The zero-order valence-corrected chi connectivity index (χ0v) is 16.2. The van der Waals surface area contributed by atoms with Gasteiger partial charge < -0.3 is 23.7 Å². The van der Waals surface area contributed by atoms with E-state index in [1.54, 1.807) is 24.0 Å². The van der Waals surface area contributed by atoms with Crippen LogP contribution in [0.5, 0.6) is 0 Å². The van der Waals surface area contributed by atoms with Gasteiger partial charge in [-0.2, -0.15) is 0 Å². The minimum Gasteiger partial charge on any atom is -0.467 e. The molecule has 1 saturated heterocycles. The molecule has 1 fully saturated rings. The summed E-state index contributed by atoms with van der Waals surface area (Å²) < 4.78 is 15.7. The smallest absolute Gasteiger partial charge is 0.353 e. The molecule has 3 rings (SSSR count). The highest BCUT2D eigenvalue weighted by atomic mass is 16.6. The Morgan fingerprint density at radius 3 is 2.83 bits per heavy atom. The summed E-state index contributed by atoms with van der Waals surface area (Å²) in [4.78, 5) is 35.1. The van der Waals surface area contributed by atoms with Gasteiger partial charge in [0.2, 0.25) is 11.6 Å². The molecular weight excluding hydrogens is 382 g/mol. The van der Waals surface area contributed by atoms with Crippen molar-refractivity contribution in [3.8, 4) is 0 Å². The number of carbonyl (C=O) groups is 1. The van der Waals surface area contributed by atoms with Crippen LogP contribution >= 0.6 is 0 Å². The first-order chi connectivity index (χ1) is 14.1. The molecule has 2 aromatic heterocycles. The minimum absolute atomic E-state index is 0.0581. The Balaban J connectivity index is 1.94. The van der Waals surface area contributed by atoms with Gasteiger partial charge in [-0.1, -0.05) is 0 Å². The Kier molecular flexibility index (Phi) is 6.95. The first-order valence-corrected chi connectivity index (χ1v) is 9.35. The number of hydrogen-bond acceptors (Lipinski definition) is 10. The van der Waals surface area contributed by atoms with Gasteiger partial charge in [0.25, 0.3) is 0 Å². The lowest BCUT2D eigenvalue weighted by atomic mass is 10.3. The van der Waals surface area contributed by atoms with Crippen molar-refractivity contribution in [1.82, 2.24) is 9.97 Å². The Bertz CT molecular complexity index is 822. The fourth-order valence-electron chi connectivity index (χ4n) is 3.07. The Morgan fingerprint density at radius 1 is 1.38 bits per heavy atom. The minimum atomic E-state index is -0.486. The van der Waals surface area contributed by atoms with E-state index in [9.17, 15) is 14.9 Å². The monoisotopic (exact) mass is 405 g/mol. The molecule has 0 aromatic carbocycles. The Hall–Kier alpha value is -3.21. The second-order valence-corrected chi connectivity index (χ2v) is 6.28. The summed E-state index contributed by atoms with van der Waals surface area (Å²) in [5.41, 5.74) is -0.204. The summed E-state index contributed by atoms with van der Waals surface area (Å²) in [7, 11) is 0. The Morgan fingerprint density at radius 2 is 2.17 bits per heavy atom. The zero-order valence-electron chi connectivity index (χ0n) is 16.2. The standard InChI is InChI=1S/C18H23N5O6/c1-2-28-15(24)5-6-22(12-14-4-3-9-29-14)18-16(23(25)26)17(19-13-20-18)21-7-10-27-11-8-21/h3-4,9,13H,2,5-8,10-12H2,1H3. The third-order valence-corrected chi connectivity index (χ3v) is 4.39. The number of nitrogens with zero attached hydrogens (tertiary/aromatic N) is 5. The summed E-state index contributed by atoms with van der Waals surface area (Å²) in [5, 5.41) is 12.0. The van der Waals surface area contributed by atoms with E-state index in [1.165, 1.54) is 12.6 Å². The molecule has 156 valence electrons. The van der Waals surface area contributed by atoms with E-state index < -0.39 is 4.92 Å². The van der Waals surface area contributed by atoms with Crippen LogP contribution in [-0.4, -0.2) is 60.3 Å². The van der Waals surface area contributed by atoms with Crippen LogP contribution in [-0.2, 0) is 20.8 Å². The number of aromatic nitrogens is 2. The van der Waals surface area contributed by atoms with Gasteiger partial charge >= 0.3 is 11.7 Å². The highest BCUT2D eigenvalue weighted by molar-refractivity contribution is 5.73. The number of esters is 1. The van der Waals surface area contributed by atoms with Crippen molar-refractivity contribution < 1.29 is 23.6 Å². The molecule has 0 bridgehead atoms. The molecular formula is C18H23N5O6. The number of morpholine rings is 1. The Labute approximate surface area is 167 Å². The third kappa shape index (κ3) is 5.19. The summed E-state index contributed by atoms with van der Waals surface area (Å²) >= 11 is 0. The van der Waals surface area contributed by atoms with Gasteiger partial charge in [-0.3, -0.25) is 14.9 Å². The fraction of sp³-hybridized carbons (Fsp3) is 0.500. The van der Waals surface area contributed by atoms with Crippen molar-refractivity contribution in [3.05, 3.63) is 40.6 Å². The van der Waals surface area contributed by atoms with Crippen molar-refractivity contribution in [3.63, 3.8) is 0 Å². The number of furan rings is 1. The number of anilines is 2. The van der Waals surface area contributed by atoms with Crippen LogP contribution in [0.3, 0.4) is 0 Å². The van der Waals surface area contributed by atoms with E-state index in [-0.39, 0.29) is 49.4 Å². The fourth-order valence-corrected chi connectivity index (χ4v) is 3.07. The van der Waals surface area contributed by atoms with Crippen LogP contribution in [0.2, 0.25) is 0 Å². The number of rotatable bonds is 9. The molecule has 29 heavy (non-hydrogen) atoms. The van der Waals surface area contributed by atoms with Crippen molar-refractivity contribution >= 4 is 23.3 Å². The molecule has 0 saturated carbocycles. The van der Waals surface area contributed by atoms with Crippen molar-refractivity contribution in [2.45, 2.75) is 19.9 Å². The number of nitro groups is 1. The molecule has 3 heterocycles. The van der Waals surface area contributed by atoms with Gasteiger partial charge in [-0.15, -0.1) is 0 Å². The van der Waals surface area contributed by atoms with Crippen LogP contribution in [0.25, 0.3) is 0 Å². The normalized spacial score (nSPS) is 13.9. The molecule has 1 aliphatic heterocycles. The van der Waals surface area contributed by atoms with Gasteiger partial charge in [0, 0.05) is 19.6 Å². The van der Waals surface area contributed by atoms with Gasteiger partial charge in [0.05, 0.1) is 44.0 Å². The summed E-state index contributed by atoms with van der Waals surface area (Å²) in [6.07, 6.45) is 2.88. The van der Waals surface area contributed by atoms with Gasteiger partial charge in [0.1, 0.15) is 12.1 Å². The van der Waals surface area contributed by atoms with Crippen LogP contribution < -0.4 is 9.80 Å². The maximum Gasteiger partial charge on any atom is 0.353 e. The molecule has 0 aliphatic carbocycles. The predicted octanol–water partition coefficient (Wildman–Crippen LogP) is 1.77. The SMILES string of the molecule is CCOC(=O)CCN(Cc1ccco1)c1ncnc(N2CCOCC2)c1[N+](=O)[O-]. The lowest BCUT2D eigenvalue weighted by Gasteiger charge is -2.29. The van der Waals surface area contributed by atoms with Crippen molar-refractivity contribution in [2.24, 2.45) is 0 Å². The number of hydrogen-bond donors (Lipinski definition) is 0. The molecule has 0 unspecified atom stereocenters. The highest BCUT2D eigenvalue weighted by Gasteiger charge is 2.31. The van der Waals surface area contributed by atoms with Crippen LogP contribution in [0.1, 0.15) is 19.1 Å². The largest absolute Gasteiger partial charge is 0.467 e. The van der Waals surface area contributed by atoms with E-state index in [1.807, 2.05) is 4.90 Å². The molecule has 1 aliphatic rings. The summed E-state index contributed by atoms with van der Waals surface area (Å²) in [6.45, 7) is 4.32. The maximum absolute atomic E-state index is 12.0. The second kappa shape index (κ2) is 9.82. The van der Waals surface area contributed by atoms with E-state index in [0.29, 0.717) is 32.1 Å². The highest BCUT2D eigenvalue weighted by Crippen LogP contribution is 2.35. The quantitative estimate of drug-likeness (QED) is 0.346. The van der Waals surface area contributed by atoms with Crippen LogP contribution in [0.4, 0.5) is 17.3 Å². The summed E-state index contributed by atoms with van der Waals surface area (Å²) in [6, 6.07) is 3.49. The predicted molar refractivity (Wildman–Crippen MR) is 103 cm³/mol. The lowest BCUT2D eigenvalue weighted by molar-refractivity contribution is -0.383. The van der Waals surface area contributed by atoms with Gasteiger partial charge in [-0.05, 0) is 19.1 Å². The van der Waals surface area contributed by atoms with Crippen molar-refractivity contribution in [1.29, 1.82) is 0 Å². The lowest BCUT2D eigenvalue weighted by Crippen LogP contribution is -2.37. The zero-order chi connectivity index (χ0) is 20.6. The van der Waals surface area contributed by atoms with E-state index in [0.717, 1.165) is 0 Å². The molecule has 0 radical (unpaired) electrons. The van der Waals surface area contributed by atoms with Gasteiger partial charge in [0.15, 0.2) is 0 Å². The first kappa shape index (κ1) is 20.5. The van der Waals surface area contributed by atoms with Crippen LogP contribution in [0, 0.1) is 10.1 Å². The second-order valence-electron chi connectivity index (χ2n) is 6.28. The summed E-state index contributed by atoms with van der Waals surface area (Å²) in [5.74, 6) is 0.577. The molecule has 0 amide bonds. The number of ether oxygens (including phenoxy) is 2. The van der Waals surface area contributed by atoms with E-state index in [4.69, 9.17) is 13.9 Å². The third-order valence-electron chi connectivity index (χ3n) is 4.39. The van der Waals surface area contributed by atoms with E-state index in [2.05, 4.69) is 9.97 Å². The molecule has 11 nitrogen and oxygen atoms in total. The topological polar surface area (TPSA) is 124 Å². The average molecular weight is 405 g/mol. The molecule has 0 spiro atoms. The van der Waals surface area contributed by atoms with E-state index >= 15 is 0 Å². The van der Waals surface area contributed by atoms with Crippen molar-refractivity contribution in [2.75, 3.05) is 49.3 Å². The first-order valence-electron chi connectivity index (χ1n) is 9.35. The molecule has 11 heteroatoms. The van der Waals surface area contributed by atoms with Gasteiger partial charge in [-0.25, -0.2) is 9.97 Å². The average Bonchev–Trinajstić information content (AvgIpc) is 3.24. The molecule has 2 aromatic rings.